The maximum absolute atomic E-state index is 14.0. The number of unbranched alkanes of at least 4 members (excludes halogenated alkanes) is 2. The number of fused-ring (bicyclic) bond motifs is 2. The summed E-state index contributed by atoms with van der Waals surface area (Å²) in [7, 11) is -3.68. The highest BCUT2D eigenvalue weighted by molar-refractivity contribution is 7.54. The topological polar surface area (TPSA) is 50.0 Å². The van der Waals surface area contributed by atoms with E-state index in [0.717, 1.165) is 63.5 Å². The molecule has 1 fully saturated rings. The Morgan fingerprint density at radius 1 is 1.11 bits per heavy atom. The molecule has 1 unspecified atom stereocenters. The highest BCUT2D eigenvalue weighted by Crippen LogP contribution is 2.61. The van der Waals surface area contributed by atoms with Crippen LogP contribution in [0.25, 0.3) is 0 Å². The van der Waals surface area contributed by atoms with Crippen molar-refractivity contribution in [3.8, 4) is 0 Å². The minimum Gasteiger partial charge on any atom is -0.356 e. The summed E-state index contributed by atoms with van der Waals surface area (Å²) < 4.78 is 20.1. The third kappa shape index (κ3) is 3.63. The van der Waals surface area contributed by atoms with E-state index in [-0.39, 0.29) is 12.1 Å². The van der Waals surface area contributed by atoms with Gasteiger partial charge in [-0.05, 0) is 24.7 Å². The monoisotopic (exact) mass is 411 g/mol. The van der Waals surface area contributed by atoms with Crippen LogP contribution in [0.5, 0.6) is 0 Å². The van der Waals surface area contributed by atoms with Gasteiger partial charge in [-0.1, -0.05) is 54.4 Å². The summed E-state index contributed by atoms with van der Waals surface area (Å²) in [6.45, 7) is 16.7. The van der Waals surface area contributed by atoms with E-state index in [0.29, 0.717) is 11.8 Å². The molecule has 160 valence electrons. The fourth-order valence-electron chi connectivity index (χ4n) is 4.71. The minimum atomic E-state index is -3.68. The average Bonchev–Trinajstić information content (AvgIpc) is 3.18. The molecule has 3 atom stereocenters. The van der Waals surface area contributed by atoms with Crippen molar-refractivity contribution < 1.29 is 14.0 Å². The first kappa shape index (κ1) is 21.7. The van der Waals surface area contributed by atoms with Gasteiger partial charge in [-0.25, -0.2) is 9.24 Å². The van der Waals surface area contributed by atoms with Crippen molar-refractivity contribution in [3.63, 3.8) is 0 Å². The molecule has 0 spiro atoms. The Morgan fingerprint density at radius 2 is 1.75 bits per heavy atom. The molecule has 0 aliphatic carbocycles. The highest BCUT2D eigenvalue weighted by Gasteiger charge is 2.61. The minimum absolute atomic E-state index is 0.0815. The lowest BCUT2D eigenvalue weighted by Crippen LogP contribution is -2.46. The van der Waals surface area contributed by atoms with Crippen molar-refractivity contribution in [1.82, 2.24) is 14.2 Å². The molecule has 0 aromatic rings. The van der Waals surface area contributed by atoms with Crippen LogP contribution in [-0.4, -0.2) is 67.8 Å². The Morgan fingerprint density at radius 3 is 2.32 bits per heavy atom. The quantitative estimate of drug-likeness (QED) is 0.484. The molecule has 0 saturated carbocycles. The smallest absolute Gasteiger partial charge is 0.356 e. The summed E-state index contributed by atoms with van der Waals surface area (Å²) in [4.78, 5) is 13.9. The number of hydrogen-bond donors (Lipinski definition) is 1. The van der Waals surface area contributed by atoms with Crippen LogP contribution in [0.2, 0.25) is 0 Å². The number of hydrogen-bond acceptors (Lipinski definition) is 2. The van der Waals surface area contributed by atoms with Gasteiger partial charge < -0.3 is 4.90 Å². The molecule has 3 aliphatic heterocycles. The molecule has 1 saturated heterocycles. The molecule has 1 N–H and O–H groups in total. The highest BCUT2D eigenvalue weighted by atomic mass is 31.2. The molecule has 3 rings (SSSR count). The summed E-state index contributed by atoms with van der Waals surface area (Å²) in [5.41, 5.74) is 0. The van der Waals surface area contributed by atoms with Gasteiger partial charge in [-0.2, -0.15) is 4.67 Å². The first-order valence-corrected chi connectivity index (χ1v) is 12.8. The molecular formula is C21H40N4O2P+. The second-order valence-electron chi connectivity index (χ2n) is 9.29. The van der Waals surface area contributed by atoms with Gasteiger partial charge in [0.25, 0.3) is 5.84 Å². The van der Waals surface area contributed by atoms with Gasteiger partial charge >= 0.3 is 7.67 Å². The van der Waals surface area contributed by atoms with Crippen LogP contribution >= 0.6 is 7.67 Å². The van der Waals surface area contributed by atoms with Crippen molar-refractivity contribution >= 4 is 13.5 Å². The fourth-order valence-corrected chi connectivity index (χ4v) is 7.27. The van der Waals surface area contributed by atoms with E-state index in [2.05, 4.69) is 57.1 Å². The van der Waals surface area contributed by atoms with Crippen molar-refractivity contribution in [2.24, 2.45) is 11.8 Å². The lowest BCUT2D eigenvalue weighted by Gasteiger charge is -2.39. The van der Waals surface area contributed by atoms with Gasteiger partial charge in [0, 0.05) is 13.1 Å². The van der Waals surface area contributed by atoms with E-state index in [4.69, 9.17) is 0 Å². The van der Waals surface area contributed by atoms with Crippen LogP contribution in [0.15, 0.2) is 11.9 Å². The fraction of sp³-hybridized carbons (Fsp3) is 0.857. The molecule has 7 heteroatoms. The largest absolute Gasteiger partial charge is 0.482 e. The Bertz CT molecular complexity index is 688. The zero-order valence-corrected chi connectivity index (χ0v) is 19.5. The van der Waals surface area contributed by atoms with Gasteiger partial charge in [0.05, 0.1) is 18.7 Å². The molecule has 28 heavy (non-hydrogen) atoms. The molecule has 0 bridgehead atoms. The Kier molecular flexibility index (Phi) is 6.51. The predicted octanol–water partition coefficient (Wildman–Crippen LogP) is 3.94. The van der Waals surface area contributed by atoms with E-state index < -0.39 is 7.67 Å². The van der Waals surface area contributed by atoms with Crippen LogP contribution in [0.1, 0.15) is 67.2 Å². The second-order valence-corrected chi connectivity index (χ2v) is 11.2. The molecule has 0 aromatic heterocycles. The lowest BCUT2D eigenvalue weighted by molar-refractivity contribution is -0.521. The van der Waals surface area contributed by atoms with Crippen LogP contribution in [0.4, 0.5) is 0 Å². The molecular weight excluding hydrogens is 371 g/mol. The van der Waals surface area contributed by atoms with Crippen molar-refractivity contribution in [1.29, 1.82) is 0 Å². The lowest BCUT2D eigenvalue weighted by atomic mass is 10.1. The van der Waals surface area contributed by atoms with E-state index in [9.17, 15) is 9.46 Å². The molecule has 0 radical (unpaired) electrons. The molecule has 0 aromatic carbocycles. The Balaban J connectivity index is 2.09. The van der Waals surface area contributed by atoms with Crippen LogP contribution in [0.3, 0.4) is 0 Å². The number of nitrogens with zero attached hydrogens (tertiary/aromatic N) is 4. The van der Waals surface area contributed by atoms with E-state index >= 15 is 0 Å². The zero-order valence-electron chi connectivity index (χ0n) is 18.6. The van der Waals surface area contributed by atoms with Gasteiger partial charge in [0.1, 0.15) is 18.4 Å². The number of amidine groups is 1. The normalized spacial score (nSPS) is 29.9. The first-order valence-electron chi connectivity index (χ1n) is 11.2. The molecule has 0 amide bonds. The average molecular weight is 412 g/mol. The summed E-state index contributed by atoms with van der Waals surface area (Å²) in [6, 6.07) is 0.163. The predicted molar refractivity (Wildman–Crippen MR) is 115 cm³/mol. The van der Waals surface area contributed by atoms with Gasteiger partial charge in [0.15, 0.2) is 0 Å². The van der Waals surface area contributed by atoms with E-state index in [1.54, 1.807) is 0 Å². The van der Waals surface area contributed by atoms with Crippen molar-refractivity contribution in [3.05, 3.63) is 11.9 Å². The van der Waals surface area contributed by atoms with Gasteiger partial charge in [-0.15, -0.1) is 0 Å². The maximum atomic E-state index is 14.0. The van der Waals surface area contributed by atoms with Gasteiger partial charge in [-0.3, -0.25) is 9.47 Å². The van der Waals surface area contributed by atoms with Crippen LogP contribution in [0, 0.1) is 11.8 Å². The van der Waals surface area contributed by atoms with E-state index in [1.165, 1.54) is 0 Å². The summed E-state index contributed by atoms with van der Waals surface area (Å²) in [6.07, 6.45) is 6.70. The standard InChI is InChI=1S/C21H39N4O2P/c1-7-9-11-22-14-18(16(3)4)24-20(22)13-21-23(12-10-8-2)15-19(17(5)6)25(21)28(24,26)27/h13,16-19H,7-12,14-15H2,1-6H3/p+1/t18-,19-/m1/s1. The molecule has 3 aliphatic rings. The Hall–Kier alpha value is -1.00. The number of rotatable bonds is 8. The van der Waals surface area contributed by atoms with Crippen LogP contribution < -0.4 is 0 Å². The second kappa shape index (κ2) is 8.39. The van der Waals surface area contributed by atoms with Crippen molar-refractivity contribution in [2.75, 3.05) is 26.2 Å². The molecule has 3 heterocycles. The van der Waals surface area contributed by atoms with Gasteiger partial charge in [0.2, 0.25) is 0 Å². The third-order valence-corrected chi connectivity index (χ3v) is 8.61. The van der Waals surface area contributed by atoms with Crippen molar-refractivity contribution in [2.45, 2.75) is 79.3 Å². The maximum Gasteiger partial charge on any atom is 0.482 e. The third-order valence-electron chi connectivity index (χ3n) is 6.48. The Labute approximate surface area is 171 Å². The van der Waals surface area contributed by atoms with E-state index in [1.807, 2.05) is 9.34 Å². The first-order chi connectivity index (χ1) is 13.2. The summed E-state index contributed by atoms with van der Waals surface area (Å²) >= 11 is 0. The van der Waals surface area contributed by atoms with Crippen LogP contribution in [-0.2, 0) is 4.57 Å². The molecule has 6 nitrogen and oxygen atoms in total. The summed E-state index contributed by atoms with van der Waals surface area (Å²) in [5, 5.41) is 0. The zero-order chi connectivity index (χ0) is 20.6. The SMILES string of the molecule is CCCCN1C[C@H](C(C)C)N2C1=CC1=[N+](CCCC)C[C@H](C(C)C)N1P2(=O)O. The summed E-state index contributed by atoms with van der Waals surface area (Å²) in [5.74, 6) is 2.59.